The molecule has 4 aromatic heterocycles. The Morgan fingerprint density at radius 2 is 1.36 bits per heavy atom. The number of aryl methyl sites for hydroxylation is 2. The molecule has 12 rings (SSSR count). The van der Waals surface area contributed by atoms with Crippen LogP contribution in [-0.4, -0.2) is 277 Å². The number of nitrogens with zero attached hydrogens (tertiary/aromatic N) is 8. The Balaban J connectivity index is 0.618. The van der Waals surface area contributed by atoms with E-state index in [0.29, 0.717) is 40.1 Å². The fraction of sp³-hybridized carbons (Fsp3) is 0.447. The van der Waals surface area contributed by atoms with Crippen LogP contribution in [0.15, 0.2) is 120 Å². The van der Waals surface area contributed by atoms with Gasteiger partial charge in [0.15, 0.2) is 18.3 Å². The molecule has 0 saturated carbocycles. The number of cyclic esters (lactones) is 1. The van der Waals surface area contributed by atoms with Gasteiger partial charge in [0.2, 0.25) is 47.5 Å². The number of methoxy groups -OCH3 is 1. The number of anilines is 1. The number of benzene rings is 4. The van der Waals surface area contributed by atoms with E-state index < -0.39 is 173 Å². The number of fused-ring (bicyclic) bond motifs is 9. The topological polar surface area (TPSA) is 533 Å². The van der Waals surface area contributed by atoms with E-state index in [0.717, 1.165) is 76.4 Å². The zero-order chi connectivity index (χ0) is 99.9. The van der Waals surface area contributed by atoms with E-state index >= 15 is 0 Å². The Hall–Kier alpha value is -14.2. The number of phenols is 1. The monoisotopic (exact) mass is 1930 g/mol. The van der Waals surface area contributed by atoms with Crippen LogP contribution in [0.5, 0.6) is 11.5 Å². The Kier molecular flexibility index (Phi) is 33.6. The molecule has 1 aliphatic carbocycles. The summed E-state index contributed by atoms with van der Waals surface area (Å²) in [6, 6.07) is 27.3. The number of aromatic nitrogens is 4. The molecule has 9 atom stereocenters. The highest BCUT2D eigenvalue weighted by atomic mass is 32.2. The Morgan fingerprint density at radius 1 is 0.696 bits per heavy atom. The molecule has 8 amide bonds. The first-order chi connectivity index (χ1) is 65.7. The molecule has 7 heterocycles. The molecule has 0 radical (unpaired) electrons. The minimum atomic E-state index is -4.82. The third-order valence-corrected chi connectivity index (χ3v) is 24.5. The molecule has 8 aromatic rings. The number of hydrogen-bond donors (Lipinski definition) is 7. The van der Waals surface area contributed by atoms with Gasteiger partial charge < -0.3 is 107 Å². The van der Waals surface area contributed by atoms with Gasteiger partial charge in [0.25, 0.3) is 15.7 Å². The number of rotatable bonds is 41. The average molecular weight is 1940 g/mol. The fourth-order valence-corrected chi connectivity index (χ4v) is 17.3. The van der Waals surface area contributed by atoms with Crippen molar-refractivity contribution >= 4 is 115 Å². The highest BCUT2D eigenvalue weighted by molar-refractivity contribution is 7.85. The standard InChI is InChI=1S/C94H111N13O30S/c1-14-60-65-43-59(111)27-29-70(65)99-78-66(60)46-107-73(78)44-69-68(87(107)117)49-129-90(119)94(69,15-2)137-92(121)103(10)36-35-102(9)91(120)130-47-56-26-28-71(74(41-56)135-89-82(134-55(8)110)80(133-54(7)109)79(132-53(6)108)81(136-89)88(118)126-13)100-84(114)52(5)97-86(116)77(51(3)4)101-76(113)31-37-127-39-40-128-38-33-96-85(115)72(50-138(123,124)125)98-75(112)30-34-106-58(42-57-21-20-32-95-83(57)106)45-104(11)105(12)93(122)131-48-67-63-24-18-16-22-61(63)62-23-17-19-25-64(62)67/h16-29,32,41-44,51-52,67,72,77,79-82,89,111H,14-15,30-31,33-40,45-50H2,1-13H3,(H,96,115)(H,97,116)(H,98,112)(H,100,114)(H,101,113)(H,123,124,125)/t52-,72-,77-,79-,80-,81-,82+,89+,94-/m0/s1. The zero-order valence-corrected chi connectivity index (χ0v) is 79.1. The van der Waals surface area contributed by atoms with E-state index in [1.807, 2.05) is 67.6 Å². The molecular weight excluding hydrogens is 1820 g/mol. The highest BCUT2D eigenvalue weighted by Crippen LogP contribution is 2.46. The molecule has 138 heavy (non-hydrogen) atoms. The molecule has 0 unspecified atom stereocenters. The lowest BCUT2D eigenvalue weighted by Crippen LogP contribution is -2.64. The molecule has 738 valence electrons. The maximum atomic E-state index is 14.4. The van der Waals surface area contributed by atoms with Gasteiger partial charge in [0.05, 0.1) is 74.8 Å². The SMILES string of the molecule is CCc1c2c(nc3ccc(O)cc13)-c1cc3c(c(=O)n1C2)COC(=O)[C@@]3(CC)OC(=O)N(C)CCN(C)C(=O)OCc1ccc(NC(=O)[C@H](C)NC(=O)[C@@H](NC(=O)CCOCCOCCNC(=O)[C@H](CS(=O)(=O)O)NC(=O)CCn2c(CN(C)N(C)C(=O)OCC3c4ccccc4-c4ccccc43)cc3cccnc32)C(C)C)c(O[C@@H]2O[C@H](C(=O)OC)[C@@H](OC(C)=O)[C@H](OC(C)=O)[C@H]2OC(C)=O)c1. The largest absolute Gasteiger partial charge is 0.508 e. The summed E-state index contributed by atoms with van der Waals surface area (Å²) in [6.07, 6.45) is -10.6. The van der Waals surface area contributed by atoms with Crippen LogP contribution in [0.25, 0.3) is 44.5 Å². The molecule has 1 saturated heterocycles. The number of esters is 5. The van der Waals surface area contributed by atoms with E-state index in [4.69, 9.17) is 61.8 Å². The quantitative estimate of drug-likeness (QED) is 0.00767. The van der Waals surface area contributed by atoms with Crippen molar-refractivity contribution in [2.45, 2.75) is 174 Å². The normalized spacial score (nSPS) is 17.4. The molecular formula is C94H111N13O30S. The average Bonchev–Trinajstić information content (AvgIpc) is 1.53. The lowest BCUT2D eigenvalue weighted by Gasteiger charge is -2.43. The second-order valence-electron chi connectivity index (χ2n) is 33.7. The molecule has 43 nitrogen and oxygen atoms in total. The Labute approximate surface area is 792 Å². The van der Waals surface area contributed by atoms with Gasteiger partial charge >= 0.3 is 48.1 Å². The molecule has 44 heteroatoms. The molecule has 0 bridgehead atoms. The summed E-state index contributed by atoms with van der Waals surface area (Å²) in [7, 11) is 2.12. The van der Waals surface area contributed by atoms with Crippen LogP contribution in [0.4, 0.5) is 20.1 Å². The van der Waals surface area contributed by atoms with E-state index in [9.17, 15) is 85.2 Å². The van der Waals surface area contributed by atoms with Gasteiger partial charge in [-0.05, 0) is 114 Å². The molecule has 4 aromatic carbocycles. The smallest absolute Gasteiger partial charge is 0.424 e. The van der Waals surface area contributed by atoms with Gasteiger partial charge in [-0.15, -0.1) is 0 Å². The lowest BCUT2D eigenvalue weighted by molar-refractivity contribution is -0.282. The molecule has 4 aliphatic rings. The number of ether oxygens (including phenoxy) is 12. The number of aromatic hydroxyl groups is 1. The summed E-state index contributed by atoms with van der Waals surface area (Å²) in [6.45, 7) is 9.43. The summed E-state index contributed by atoms with van der Waals surface area (Å²) in [5.74, 6) is -11.4. The van der Waals surface area contributed by atoms with Crippen molar-refractivity contribution in [1.82, 2.24) is 60.2 Å². The second-order valence-corrected chi connectivity index (χ2v) is 35.2. The molecule has 0 spiro atoms. The van der Waals surface area contributed by atoms with Crippen molar-refractivity contribution in [1.29, 1.82) is 0 Å². The number of carbonyl (C=O) groups is 13. The van der Waals surface area contributed by atoms with Crippen LogP contribution in [-0.2, 0) is 155 Å². The maximum Gasteiger partial charge on any atom is 0.424 e. The van der Waals surface area contributed by atoms with Crippen molar-refractivity contribution in [2.24, 2.45) is 5.92 Å². The van der Waals surface area contributed by atoms with Crippen LogP contribution >= 0.6 is 0 Å². The number of likely N-dealkylation sites (N-methyl/N-ethyl adjacent to an activating group) is 2. The van der Waals surface area contributed by atoms with Gasteiger partial charge in [0, 0.05) is 128 Å². The highest BCUT2D eigenvalue weighted by Gasteiger charge is 2.57. The minimum absolute atomic E-state index is 0.000215. The number of pyridine rings is 3. The van der Waals surface area contributed by atoms with Crippen molar-refractivity contribution < 1.29 is 137 Å². The van der Waals surface area contributed by atoms with Crippen LogP contribution in [0.2, 0.25) is 0 Å². The summed E-state index contributed by atoms with van der Waals surface area (Å²) < 4.78 is 106. The van der Waals surface area contributed by atoms with E-state index in [2.05, 4.69) is 31.6 Å². The Bertz CT molecular complexity index is 6120. The van der Waals surface area contributed by atoms with Crippen LogP contribution in [0, 0.1) is 5.92 Å². The molecule has 1 fully saturated rings. The second kappa shape index (κ2) is 45.2. The zero-order valence-electron chi connectivity index (χ0n) is 78.3. The number of carbonyl (C=O) groups excluding carboxylic acids is 13. The Morgan fingerprint density at radius 3 is 2.01 bits per heavy atom. The van der Waals surface area contributed by atoms with Crippen LogP contribution < -0.4 is 36.9 Å². The third kappa shape index (κ3) is 24.2. The summed E-state index contributed by atoms with van der Waals surface area (Å²) in [4.78, 5) is 202. The summed E-state index contributed by atoms with van der Waals surface area (Å²) >= 11 is 0. The fourth-order valence-electron chi connectivity index (χ4n) is 16.6. The first kappa shape index (κ1) is 103. The third-order valence-electron chi connectivity index (χ3n) is 23.8. The van der Waals surface area contributed by atoms with Crippen molar-refractivity contribution in [2.75, 3.05) is 99.0 Å². The van der Waals surface area contributed by atoms with Crippen molar-refractivity contribution in [3.8, 4) is 34.0 Å². The van der Waals surface area contributed by atoms with E-state index in [-0.39, 0.29) is 131 Å². The number of amides is 8. The first-order valence-electron chi connectivity index (χ1n) is 44.5. The summed E-state index contributed by atoms with van der Waals surface area (Å²) in [5, 5.41) is 27.5. The lowest BCUT2D eigenvalue weighted by atomic mass is 9.85. The van der Waals surface area contributed by atoms with Crippen LogP contribution in [0.3, 0.4) is 0 Å². The first-order valence-corrected chi connectivity index (χ1v) is 46.1. The van der Waals surface area contributed by atoms with Crippen LogP contribution in [0.1, 0.15) is 125 Å². The number of hydrazine groups is 1. The van der Waals surface area contributed by atoms with E-state index in [1.54, 1.807) is 74.9 Å². The van der Waals surface area contributed by atoms with E-state index in [1.165, 1.54) is 54.9 Å². The molecule has 3 aliphatic heterocycles. The molecule has 7 N–H and O–H groups in total. The summed E-state index contributed by atoms with van der Waals surface area (Å²) in [5.41, 5.74) is 6.04. The van der Waals surface area contributed by atoms with Gasteiger partial charge in [-0.1, -0.05) is 82.3 Å². The number of phenolic OH excluding ortho intramolecular Hbond substituents is 1. The minimum Gasteiger partial charge on any atom is -0.508 e. The predicted molar refractivity (Wildman–Crippen MR) is 489 cm³/mol. The number of nitrogens with one attached hydrogen (secondary N) is 5. The van der Waals surface area contributed by atoms with Crippen molar-refractivity contribution in [3.05, 3.63) is 170 Å². The van der Waals surface area contributed by atoms with Gasteiger partial charge in [-0.2, -0.15) is 8.42 Å². The van der Waals surface area contributed by atoms with Gasteiger partial charge in [-0.25, -0.2) is 44.0 Å². The van der Waals surface area contributed by atoms with Gasteiger partial charge in [-0.3, -0.25) is 47.7 Å². The van der Waals surface area contributed by atoms with Gasteiger partial charge in [0.1, 0.15) is 60.8 Å². The van der Waals surface area contributed by atoms with Crippen molar-refractivity contribution in [3.63, 3.8) is 0 Å². The predicted octanol–water partition coefficient (Wildman–Crippen LogP) is 5.93. The maximum absolute atomic E-state index is 14.4. The number of hydrogen-bond acceptors (Lipinski definition) is 32.